The van der Waals surface area contributed by atoms with E-state index in [-0.39, 0.29) is 0 Å². The molecule has 0 bridgehead atoms. The third-order valence-corrected chi connectivity index (χ3v) is 5.84. The lowest BCUT2D eigenvalue weighted by molar-refractivity contribution is 0.0907. The van der Waals surface area contributed by atoms with Gasteiger partial charge in [0.15, 0.2) is 5.96 Å². The third-order valence-electron chi connectivity index (χ3n) is 4.55. The van der Waals surface area contributed by atoms with Crippen molar-refractivity contribution in [2.24, 2.45) is 10.9 Å². The van der Waals surface area contributed by atoms with Crippen molar-refractivity contribution in [1.82, 2.24) is 10.2 Å². The number of hydrogen-bond donors (Lipinski definition) is 1. The van der Waals surface area contributed by atoms with E-state index in [0.29, 0.717) is 12.5 Å². The number of nitrogens with one attached hydrogen (secondary N) is 1. The molecule has 2 heterocycles. The molecule has 6 heteroatoms. The Morgan fingerprint density at radius 3 is 2.88 bits per heavy atom. The molecule has 140 valence electrons. The summed E-state index contributed by atoms with van der Waals surface area (Å²) in [5, 5.41) is 3.47. The highest BCUT2D eigenvalue weighted by Crippen LogP contribution is 2.21. The lowest BCUT2D eigenvalue weighted by Gasteiger charge is -2.21. The minimum atomic E-state index is 0.563. The number of rotatable bonds is 7. The molecule has 1 aromatic heterocycles. The number of thiophene rings is 1. The molecule has 0 radical (unpaired) electrons. The van der Waals surface area contributed by atoms with Crippen molar-refractivity contribution >= 4 is 28.9 Å². The van der Waals surface area contributed by atoms with Crippen LogP contribution in [0.25, 0.3) is 0 Å². The molecule has 1 aliphatic rings. The van der Waals surface area contributed by atoms with Crippen molar-refractivity contribution in [1.29, 1.82) is 0 Å². The van der Waals surface area contributed by atoms with E-state index in [4.69, 9.17) is 16.3 Å². The summed E-state index contributed by atoms with van der Waals surface area (Å²) in [5.74, 6) is 1.55. The van der Waals surface area contributed by atoms with Crippen molar-refractivity contribution in [2.75, 3.05) is 33.3 Å². The maximum absolute atomic E-state index is 5.98. The minimum absolute atomic E-state index is 0.563. The van der Waals surface area contributed by atoms with Crippen molar-refractivity contribution in [2.45, 2.75) is 19.4 Å². The summed E-state index contributed by atoms with van der Waals surface area (Å²) in [6.07, 6.45) is 2.11. The van der Waals surface area contributed by atoms with E-state index in [1.165, 1.54) is 10.4 Å². The number of halogens is 1. The summed E-state index contributed by atoms with van der Waals surface area (Å²) in [5.41, 5.74) is 1.23. The van der Waals surface area contributed by atoms with Crippen LogP contribution in [0.1, 0.15) is 16.9 Å². The SMILES string of the molecule is CN=C(NCCc1ccc(Cl)s1)N1CCC(COCc2ccccc2)C1. The first-order chi connectivity index (χ1) is 12.7. The largest absolute Gasteiger partial charge is 0.376 e. The standard InChI is InChI=1S/C20H26ClN3OS/c1-22-20(23-11-9-18-7-8-19(21)26-18)24-12-10-17(13-24)15-25-14-16-5-3-2-4-6-16/h2-8,17H,9-15H2,1H3,(H,22,23). The zero-order valence-corrected chi connectivity index (χ0v) is 16.7. The second kappa shape index (κ2) is 9.95. The summed E-state index contributed by atoms with van der Waals surface area (Å²) >= 11 is 7.63. The smallest absolute Gasteiger partial charge is 0.193 e. The van der Waals surface area contributed by atoms with Crippen molar-refractivity contribution in [3.05, 3.63) is 57.2 Å². The number of benzene rings is 1. The number of ether oxygens (including phenoxy) is 1. The molecule has 0 saturated carbocycles. The van der Waals surface area contributed by atoms with Crippen LogP contribution in [0.2, 0.25) is 4.34 Å². The number of guanidine groups is 1. The molecule has 0 spiro atoms. The molecule has 1 aromatic carbocycles. The van der Waals surface area contributed by atoms with Crippen LogP contribution in [-0.4, -0.2) is 44.1 Å². The maximum atomic E-state index is 5.98. The van der Waals surface area contributed by atoms with E-state index < -0.39 is 0 Å². The van der Waals surface area contributed by atoms with Gasteiger partial charge in [-0.25, -0.2) is 0 Å². The summed E-state index contributed by atoms with van der Waals surface area (Å²) in [4.78, 5) is 8.07. The molecule has 2 aromatic rings. The summed E-state index contributed by atoms with van der Waals surface area (Å²) in [7, 11) is 1.85. The number of aliphatic imine (C=N–C) groups is 1. The highest BCUT2D eigenvalue weighted by Gasteiger charge is 2.24. The highest BCUT2D eigenvalue weighted by atomic mass is 35.5. The molecular formula is C20H26ClN3OS. The number of nitrogens with zero attached hydrogens (tertiary/aromatic N) is 2. The van der Waals surface area contributed by atoms with Crippen LogP contribution in [0.15, 0.2) is 47.5 Å². The predicted octanol–water partition coefficient (Wildman–Crippen LogP) is 4.06. The van der Waals surface area contributed by atoms with Gasteiger partial charge in [0.1, 0.15) is 0 Å². The molecule has 1 fully saturated rings. The first-order valence-corrected chi connectivity index (χ1v) is 10.3. The molecule has 26 heavy (non-hydrogen) atoms. The van der Waals surface area contributed by atoms with Crippen molar-refractivity contribution in [3.8, 4) is 0 Å². The third kappa shape index (κ3) is 5.73. The van der Waals surface area contributed by atoms with Gasteiger partial charge in [0.2, 0.25) is 0 Å². The Hall–Kier alpha value is -1.56. The van der Waals surface area contributed by atoms with Crippen LogP contribution in [0.3, 0.4) is 0 Å². The average molecular weight is 392 g/mol. The zero-order chi connectivity index (χ0) is 18.2. The van der Waals surface area contributed by atoms with Crippen molar-refractivity contribution < 1.29 is 4.74 Å². The van der Waals surface area contributed by atoms with Gasteiger partial charge in [-0.2, -0.15) is 0 Å². The fourth-order valence-electron chi connectivity index (χ4n) is 3.19. The molecule has 0 amide bonds. The van der Waals surface area contributed by atoms with Crippen molar-refractivity contribution in [3.63, 3.8) is 0 Å². The molecule has 4 nitrogen and oxygen atoms in total. The van der Waals surface area contributed by atoms with E-state index >= 15 is 0 Å². The second-order valence-corrected chi connectivity index (χ2v) is 8.33. The van der Waals surface area contributed by atoms with Gasteiger partial charge < -0.3 is 15.0 Å². The van der Waals surface area contributed by atoms with Crippen LogP contribution < -0.4 is 5.32 Å². The molecule has 1 saturated heterocycles. The van der Waals surface area contributed by atoms with Crippen LogP contribution >= 0.6 is 22.9 Å². The van der Waals surface area contributed by atoms with Gasteiger partial charge in [0, 0.05) is 37.5 Å². The van der Waals surface area contributed by atoms with Gasteiger partial charge in [-0.1, -0.05) is 41.9 Å². The topological polar surface area (TPSA) is 36.9 Å². The Balaban J connectivity index is 1.37. The van der Waals surface area contributed by atoms with Gasteiger partial charge in [-0.3, -0.25) is 4.99 Å². The Kier molecular flexibility index (Phi) is 7.35. The fourth-order valence-corrected chi connectivity index (χ4v) is 4.28. The van der Waals surface area contributed by atoms with E-state index in [2.05, 4.69) is 45.5 Å². The molecule has 3 rings (SSSR count). The first kappa shape index (κ1) is 19.2. The monoisotopic (exact) mass is 391 g/mol. The van der Waals surface area contributed by atoms with Crippen LogP contribution in [0.5, 0.6) is 0 Å². The second-order valence-electron chi connectivity index (χ2n) is 6.53. The van der Waals surface area contributed by atoms with E-state index in [1.807, 2.05) is 19.2 Å². The normalized spacial score (nSPS) is 17.7. The quantitative estimate of drug-likeness (QED) is 0.571. The molecule has 0 aliphatic carbocycles. The fraction of sp³-hybridized carbons (Fsp3) is 0.450. The van der Waals surface area contributed by atoms with Gasteiger partial charge in [0.25, 0.3) is 0 Å². The number of likely N-dealkylation sites (tertiary alicyclic amines) is 1. The summed E-state index contributed by atoms with van der Waals surface area (Å²) in [6.45, 7) is 4.39. The molecule has 1 aliphatic heterocycles. The maximum Gasteiger partial charge on any atom is 0.193 e. The first-order valence-electron chi connectivity index (χ1n) is 9.06. The number of hydrogen-bond acceptors (Lipinski definition) is 3. The highest BCUT2D eigenvalue weighted by molar-refractivity contribution is 7.16. The van der Waals surface area contributed by atoms with Gasteiger partial charge in [-0.15, -0.1) is 11.3 Å². The molecule has 1 N–H and O–H groups in total. The van der Waals surface area contributed by atoms with E-state index in [9.17, 15) is 0 Å². The van der Waals surface area contributed by atoms with Gasteiger partial charge >= 0.3 is 0 Å². The lowest BCUT2D eigenvalue weighted by Crippen LogP contribution is -2.41. The van der Waals surface area contributed by atoms with Crippen LogP contribution in [-0.2, 0) is 17.8 Å². The lowest BCUT2D eigenvalue weighted by atomic mass is 10.1. The Labute approximate surface area is 164 Å². The predicted molar refractivity (Wildman–Crippen MR) is 110 cm³/mol. The van der Waals surface area contributed by atoms with Crippen LogP contribution in [0, 0.1) is 5.92 Å². The Morgan fingerprint density at radius 1 is 1.31 bits per heavy atom. The summed E-state index contributed by atoms with van der Waals surface area (Å²) in [6, 6.07) is 14.4. The molecule has 1 atom stereocenters. The molecule has 1 unspecified atom stereocenters. The zero-order valence-electron chi connectivity index (χ0n) is 15.2. The Bertz CT molecular complexity index is 704. The van der Waals surface area contributed by atoms with Gasteiger partial charge in [-0.05, 0) is 30.5 Å². The van der Waals surface area contributed by atoms with Crippen LogP contribution in [0.4, 0.5) is 0 Å². The summed E-state index contributed by atoms with van der Waals surface area (Å²) < 4.78 is 6.76. The van der Waals surface area contributed by atoms with E-state index in [0.717, 1.165) is 49.4 Å². The Morgan fingerprint density at radius 2 is 2.15 bits per heavy atom. The molecular weight excluding hydrogens is 366 g/mol. The average Bonchev–Trinajstić information content (AvgIpc) is 3.29. The van der Waals surface area contributed by atoms with E-state index in [1.54, 1.807) is 11.3 Å². The van der Waals surface area contributed by atoms with Gasteiger partial charge in [0.05, 0.1) is 17.6 Å². The minimum Gasteiger partial charge on any atom is -0.376 e.